The second kappa shape index (κ2) is 6.27. The molecule has 0 fully saturated rings. The Hall–Kier alpha value is -1.24. The molecular formula is C13H11BrFNO2S. The van der Waals surface area contributed by atoms with Gasteiger partial charge in [-0.25, -0.2) is 9.18 Å². The Morgan fingerprint density at radius 1 is 1.32 bits per heavy atom. The van der Waals surface area contributed by atoms with Crippen molar-refractivity contribution in [3.63, 3.8) is 0 Å². The minimum Gasteiger partial charge on any atom is -0.477 e. The number of carboxylic acids is 1. The van der Waals surface area contributed by atoms with E-state index in [-0.39, 0.29) is 5.82 Å². The zero-order valence-electron chi connectivity index (χ0n) is 9.82. The molecule has 0 unspecified atom stereocenters. The van der Waals surface area contributed by atoms with E-state index in [1.54, 1.807) is 24.3 Å². The summed E-state index contributed by atoms with van der Waals surface area (Å²) in [6, 6.07) is 8.12. The van der Waals surface area contributed by atoms with Gasteiger partial charge in [0.1, 0.15) is 10.7 Å². The first-order valence-electron chi connectivity index (χ1n) is 5.53. The summed E-state index contributed by atoms with van der Waals surface area (Å²) in [5.41, 5.74) is 0.574. The minimum atomic E-state index is -0.922. The number of carboxylic acid groups (broad SMARTS) is 1. The third kappa shape index (κ3) is 3.86. The molecule has 0 bridgehead atoms. The monoisotopic (exact) mass is 343 g/mol. The van der Waals surface area contributed by atoms with E-state index in [1.807, 2.05) is 0 Å². The average molecular weight is 344 g/mol. The number of benzene rings is 1. The molecule has 0 amide bonds. The zero-order chi connectivity index (χ0) is 13.8. The highest BCUT2D eigenvalue weighted by atomic mass is 79.9. The van der Waals surface area contributed by atoms with Gasteiger partial charge in [-0.3, -0.25) is 0 Å². The maximum absolute atomic E-state index is 13.5. The number of thiophene rings is 1. The second-order valence-electron chi connectivity index (χ2n) is 3.91. The van der Waals surface area contributed by atoms with Gasteiger partial charge in [0.25, 0.3) is 0 Å². The lowest BCUT2D eigenvalue weighted by Gasteiger charge is -2.05. The van der Waals surface area contributed by atoms with Gasteiger partial charge in [0, 0.05) is 28.0 Å². The number of nitrogens with one attached hydrogen (secondary N) is 1. The first kappa shape index (κ1) is 14.2. The molecule has 2 N–H and O–H groups in total. The molecule has 0 aliphatic carbocycles. The summed E-state index contributed by atoms with van der Waals surface area (Å²) in [4.78, 5) is 11.9. The largest absolute Gasteiger partial charge is 0.477 e. The molecule has 2 aromatic rings. The summed E-state index contributed by atoms with van der Waals surface area (Å²) in [5, 5.41) is 11.9. The molecule has 0 atom stereocenters. The molecule has 0 saturated carbocycles. The fourth-order valence-corrected chi connectivity index (χ4v) is 2.81. The number of halogens is 2. The van der Waals surface area contributed by atoms with E-state index in [0.29, 0.717) is 23.5 Å². The highest BCUT2D eigenvalue weighted by Gasteiger charge is 2.07. The van der Waals surface area contributed by atoms with Gasteiger partial charge in [-0.15, -0.1) is 11.3 Å². The summed E-state index contributed by atoms with van der Waals surface area (Å²) < 4.78 is 14.3. The van der Waals surface area contributed by atoms with Crippen molar-refractivity contribution in [1.29, 1.82) is 0 Å². The maximum Gasteiger partial charge on any atom is 0.345 e. The molecule has 0 saturated heterocycles. The van der Waals surface area contributed by atoms with E-state index < -0.39 is 5.97 Å². The van der Waals surface area contributed by atoms with Crippen LogP contribution < -0.4 is 5.32 Å². The molecule has 19 heavy (non-hydrogen) atoms. The van der Waals surface area contributed by atoms with Crippen molar-refractivity contribution >= 4 is 33.2 Å². The molecule has 0 aliphatic heterocycles. The molecule has 1 heterocycles. The van der Waals surface area contributed by atoms with Crippen molar-refractivity contribution in [2.45, 2.75) is 13.1 Å². The molecule has 1 aromatic heterocycles. The number of carbonyl (C=O) groups is 1. The van der Waals surface area contributed by atoms with Crippen molar-refractivity contribution in [1.82, 2.24) is 5.32 Å². The topological polar surface area (TPSA) is 49.3 Å². The maximum atomic E-state index is 13.5. The Morgan fingerprint density at radius 3 is 2.79 bits per heavy atom. The Kier molecular flexibility index (Phi) is 4.68. The fraction of sp³-hybridized carbons (Fsp3) is 0.154. The quantitative estimate of drug-likeness (QED) is 0.871. The van der Waals surface area contributed by atoms with Crippen LogP contribution in [0.25, 0.3) is 0 Å². The van der Waals surface area contributed by atoms with E-state index in [1.165, 1.54) is 17.4 Å². The molecule has 0 radical (unpaired) electrons. The predicted octanol–water partition coefficient (Wildman–Crippen LogP) is 3.64. The van der Waals surface area contributed by atoms with Crippen LogP contribution in [0, 0.1) is 5.82 Å². The van der Waals surface area contributed by atoms with Crippen LogP contribution in [0.3, 0.4) is 0 Å². The average Bonchev–Trinajstić information content (AvgIpc) is 2.82. The van der Waals surface area contributed by atoms with Gasteiger partial charge in [0.15, 0.2) is 0 Å². The molecule has 0 spiro atoms. The highest BCUT2D eigenvalue weighted by molar-refractivity contribution is 9.10. The Bertz CT molecular complexity index is 600. The van der Waals surface area contributed by atoms with Crippen molar-refractivity contribution in [2.75, 3.05) is 0 Å². The minimum absolute atomic E-state index is 0.256. The van der Waals surface area contributed by atoms with Gasteiger partial charge in [-0.2, -0.15) is 0 Å². The molecule has 2 rings (SSSR count). The lowest BCUT2D eigenvalue weighted by Crippen LogP contribution is -2.12. The summed E-state index contributed by atoms with van der Waals surface area (Å²) in [5.74, 6) is -1.18. The molecule has 0 aliphatic rings. The van der Waals surface area contributed by atoms with Gasteiger partial charge in [0.2, 0.25) is 0 Å². The number of hydrogen-bond donors (Lipinski definition) is 2. The molecule has 1 aromatic carbocycles. The van der Waals surface area contributed by atoms with Crippen LogP contribution in [0.2, 0.25) is 0 Å². The molecule has 3 nitrogen and oxygen atoms in total. The molecule has 100 valence electrons. The number of rotatable bonds is 5. The van der Waals surface area contributed by atoms with Crippen LogP contribution in [0.5, 0.6) is 0 Å². The summed E-state index contributed by atoms with van der Waals surface area (Å²) >= 11 is 4.51. The van der Waals surface area contributed by atoms with Crippen LogP contribution in [-0.2, 0) is 13.1 Å². The van der Waals surface area contributed by atoms with Gasteiger partial charge in [0.05, 0.1) is 0 Å². The zero-order valence-corrected chi connectivity index (χ0v) is 12.2. The fourth-order valence-electron chi connectivity index (χ4n) is 1.59. The first-order valence-corrected chi connectivity index (χ1v) is 7.14. The standard InChI is InChI=1S/C13H11BrFNO2S/c14-9-1-3-11(15)8(5-9)6-16-7-10-2-4-12(19-10)13(17)18/h1-5,16H,6-7H2,(H,17,18). The van der Waals surface area contributed by atoms with Gasteiger partial charge in [-0.1, -0.05) is 15.9 Å². The van der Waals surface area contributed by atoms with Gasteiger partial charge in [-0.05, 0) is 30.3 Å². The van der Waals surface area contributed by atoms with Crippen molar-refractivity contribution in [3.05, 3.63) is 55.9 Å². The van der Waals surface area contributed by atoms with Crippen molar-refractivity contribution in [3.8, 4) is 0 Å². The normalized spacial score (nSPS) is 10.6. The van der Waals surface area contributed by atoms with Crippen LogP contribution in [0.1, 0.15) is 20.1 Å². The Labute approximate surface area is 122 Å². The van der Waals surface area contributed by atoms with Crippen LogP contribution >= 0.6 is 27.3 Å². The van der Waals surface area contributed by atoms with Gasteiger partial charge >= 0.3 is 5.97 Å². The van der Waals surface area contributed by atoms with E-state index in [2.05, 4.69) is 21.2 Å². The SMILES string of the molecule is O=C(O)c1ccc(CNCc2cc(Br)ccc2F)s1. The van der Waals surface area contributed by atoms with Gasteiger partial charge < -0.3 is 10.4 Å². The smallest absolute Gasteiger partial charge is 0.345 e. The second-order valence-corrected chi connectivity index (χ2v) is 5.99. The van der Waals surface area contributed by atoms with Crippen LogP contribution in [0.4, 0.5) is 4.39 Å². The third-order valence-electron chi connectivity index (χ3n) is 2.49. The summed E-state index contributed by atoms with van der Waals surface area (Å²) in [6.07, 6.45) is 0. The molecular weight excluding hydrogens is 333 g/mol. The van der Waals surface area contributed by atoms with Crippen molar-refractivity contribution in [2.24, 2.45) is 0 Å². The lowest BCUT2D eigenvalue weighted by molar-refractivity contribution is 0.0702. The van der Waals surface area contributed by atoms with Crippen LogP contribution in [-0.4, -0.2) is 11.1 Å². The molecule has 6 heteroatoms. The predicted molar refractivity (Wildman–Crippen MR) is 75.9 cm³/mol. The van der Waals surface area contributed by atoms with E-state index in [9.17, 15) is 9.18 Å². The van der Waals surface area contributed by atoms with E-state index >= 15 is 0 Å². The first-order chi connectivity index (χ1) is 9.06. The lowest BCUT2D eigenvalue weighted by atomic mass is 10.2. The highest BCUT2D eigenvalue weighted by Crippen LogP contribution is 2.18. The summed E-state index contributed by atoms with van der Waals surface area (Å²) in [6.45, 7) is 0.912. The third-order valence-corrected chi connectivity index (χ3v) is 4.06. The number of hydrogen-bond acceptors (Lipinski definition) is 3. The van der Waals surface area contributed by atoms with E-state index in [0.717, 1.165) is 9.35 Å². The van der Waals surface area contributed by atoms with Crippen LogP contribution in [0.15, 0.2) is 34.8 Å². The Morgan fingerprint density at radius 2 is 2.11 bits per heavy atom. The number of aromatic carboxylic acids is 1. The summed E-state index contributed by atoms with van der Waals surface area (Å²) in [7, 11) is 0. The van der Waals surface area contributed by atoms with Crippen molar-refractivity contribution < 1.29 is 14.3 Å². The Balaban J connectivity index is 1.92. The van der Waals surface area contributed by atoms with E-state index in [4.69, 9.17) is 5.11 Å².